The third-order valence-corrected chi connectivity index (χ3v) is 4.37. The zero-order valence-corrected chi connectivity index (χ0v) is 14.3. The maximum atomic E-state index is 6.04. The Labute approximate surface area is 134 Å². The highest BCUT2D eigenvalue weighted by molar-refractivity contribution is 9.10. The van der Waals surface area contributed by atoms with Crippen LogP contribution in [0.1, 0.15) is 13.8 Å². The number of nitrogens with zero attached hydrogens (tertiary/aromatic N) is 1. The van der Waals surface area contributed by atoms with Crippen molar-refractivity contribution in [3.63, 3.8) is 0 Å². The van der Waals surface area contributed by atoms with E-state index >= 15 is 0 Å². The molecule has 1 atom stereocenters. The fourth-order valence-electron chi connectivity index (χ4n) is 2.45. The number of benzene rings is 1. The highest BCUT2D eigenvalue weighted by atomic mass is 79.9. The largest absolute Gasteiger partial charge is 0.382 e. The summed E-state index contributed by atoms with van der Waals surface area (Å²) in [4.78, 5) is 4.53. The van der Waals surface area contributed by atoms with Crippen molar-refractivity contribution in [1.29, 1.82) is 0 Å². The first-order valence-corrected chi connectivity index (χ1v) is 7.83. The monoisotopic (exact) mass is 351 g/mol. The van der Waals surface area contributed by atoms with Crippen molar-refractivity contribution in [2.75, 3.05) is 25.6 Å². The number of hydrogen-bond acceptors (Lipinski definition) is 4. The molecule has 114 valence electrons. The van der Waals surface area contributed by atoms with Gasteiger partial charge in [-0.2, -0.15) is 0 Å². The number of nitrogens with two attached hydrogens (primary N) is 1. The summed E-state index contributed by atoms with van der Waals surface area (Å²) in [6.45, 7) is 5.33. The number of aromatic nitrogens is 1. The topological polar surface area (TPSA) is 60.2 Å². The van der Waals surface area contributed by atoms with Gasteiger partial charge in [0.05, 0.1) is 23.3 Å². The number of fused-ring (bicyclic) bond motifs is 1. The Morgan fingerprint density at radius 1 is 1.43 bits per heavy atom. The summed E-state index contributed by atoms with van der Waals surface area (Å²) in [5, 5.41) is 4.66. The summed E-state index contributed by atoms with van der Waals surface area (Å²) < 4.78 is 6.36. The molecule has 0 saturated carbocycles. The summed E-state index contributed by atoms with van der Waals surface area (Å²) in [6, 6.07) is 8.16. The van der Waals surface area contributed by atoms with Crippen molar-refractivity contribution in [1.82, 2.24) is 4.98 Å². The molecule has 2 aromatic rings. The van der Waals surface area contributed by atoms with E-state index in [9.17, 15) is 0 Å². The van der Waals surface area contributed by atoms with Crippen LogP contribution in [0, 0.1) is 5.92 Å². The van der Waals surface area contributed by atoms with Gasteiger partial charge < -0.3 is 15.8 Å². The molecule has 0 aliphatic carbocycles. The summed E-state index contributed by atoms with van der Waals surface area (Å²) in [7, 11) is 1.70. The second-order valence-corrected chi connectivity index (χ2v) is 6.52. The van der Waals surface area contributed by atoms with Crippen LogP contribution in [0.3, 0.4) is 0 Å². The molecule has 21 heavy (non-hydrogen) atoms. The predicted molar refractivity (Wildman–Crippen MR) is 91.6 cm³/mol. The van der Waals surface area contributed by atoms with E-state index < -0.39 is 0 Å². The van der Waals surface area contributed by atoms with Gasteiger partial charge in [-0.1, -0.05) is 26.0 Å². The van der Waals surface area contributed by atoms with E-state index in [1.165, 1.54) is 0 Å². The number of nitrogens with one attached hydrogen (secondary N) is 1. The normalized spacial score (nSPS) is 14.4. The molecular weight excluding hydrogens is 330 g/mol. The molecule has 0 amide bonds. The lowest BCUT2D eigenvalue weighted by molar-refractivity contribution is 0.121. The van der Waals surface area contributed by atoms with Crippen molar-refractivity contribution in [3.05, 3.63) is 34.9 Å². The standard InChI is InChI=1S/C16H22BrN3O/c1-11(2)16(9-18,10-21-3)20-14-6-4-5-12-7-13(17)8-19-15(12)14/h4-8,11,20H,9-10,18H2,1-3H3. The Kier molecular flexibility index (Phi) is 5.19. The van der Waals surface area contributed by atoms with Crippen molar-refractivity contribution < 1.29 is 4.74 Å². The van der Waals surface area contributed by atoms with E-state index in [2.05, 4.69) is 46.1 Å². The Morgan fingerprint density at radius 3 is 2.81 bits per heavy atom. The van der Waals surface area contributed by atoms with Crippen LogP contribution in [0.15, 0.2) is 34.9 Å². The number of rotatable bonds is 6. The van der Waals surface area contributed by atoms with Crippen molar-refractivity contribution in [3.8, 4) is 0 Å². The van der Waals surface area contributed by atoms with Crippen LogP contribution in [0.25, 0.3) is 10.9 Å². The molecule has 3 N–H and O–H groups in total. The second-order valence-electron chi connectivity index (χ2n) is 5.60. The number of para-hydroxylation sites is 1. The molecule has 0 spiro atoms. The van der Waals surface area contributed by atoms with Gasteiger partial charge in [0, 0.05) is 29.7 Å². The molecule has 1 heterocycles. The number of ether oxygens (including phenoxy) is 1. The average Bonchev–Trinajstić information content (AvgIpc) is 2.46. The lowest BCUT2D eigenvalue weighted by Gasteiger charge is -2.38. The Hall–Kier alpha value is -1.17. The van der Waals surface area contributed by atoms with E-state index in [-0.39, 0.29) is 5.54 Å². The van der Waals surface area contributed by atoms with E-state index in [0.29, 0.717) is 19.1 Å². The molecule has 2 rings (SSSR count). The van der Waals surface area contributed by atoms with Crippen LogP contribution >= 0.6 is 15.9 Å². The quantitative estimate of drug-likeness (QED) is 0.837. The van der Waals surface area contributed by atoms with Gasteiger partial charge in [-0.3, -0.25) is 4.98 Å². The Balaban J connectivity index is 2.46. The fraction of sp³-hybridized carbons (Fsp3) is 0.438. The molecule has 0 radical (unpaired) electrons. The molecular formula is C16H22BrN3O. The number of methoxy groups -OCH3 is 1. The third kappa shape index (κ3) is 3.36. The highest BCUT2D eigenvalue weighted by Crippen LogP contribution is 2.29. The molecule has 4 nitrogen and oxygen atoms in total. The minimum Gasteiger partial charge on any atom is -0.382 e. The molecule has 0 fully saturated rings. The predicted octanol–water partition coefficient (Wildman–Crippen LogP) is 3.41. The molecule has 0 saturated heterocycles. The van der Waals surface area contributed by atoms with Gasteiger partial charge in [-0.25, -0.2) is 0 Å². The molecule has 1 aromatic heterocycles. The zero-order valence-electron chi connectivity index (χ0n) is 12.7. The van der Waals surface area contributed by atoms with Gasteiger partial charge >= 0.3 is 0 Å². The third-order valence-electron chi connectivity index (χ3n) is 3.93. The smallest absolute Gasteiger partial charge is 0.0934 e. The van der Waals surface area contributed by atoms with Gasteiger partial charge in [0.1, 0.15) is 0 Å². The van der Waals surface area contributed by atoms with Crippen LogP contribution < -0.4 is 11.1 Å². The number of anilines is 1. The van der Waals surface area contributed by atoms with E-state index in [0.717, 1.165) is 21.1 Å². The first-order valence-electron chi connectivity index (χ1n) is 7.04. The van der Waals surface area contributed by atoms with Crippen molar-refractivity contribution in [2.24, 2.45) is 11.7 Å². The lowest BCUT2D eigenvalue weighted by Crippen LogP contribution is -2.53. The SMILES string of the molecule is COCC(CN)(Nc1cccc2cc(Br)cnc12)C(C)C. The minimum atomic E-state index is -0.308. The average molecular weight is 352 g/mol. The fourth-order valence-corrected chi connectivity index (χ4v) is 2.80. The number of halogens is 1. The number of pyridine rings is 1. The summed E-state index contributed by atoms with van der Waals surface area (Å²) in [5.41, 5.74) is 7.66. The van der Waals surface area contributed by atoms with Gasteiger partial charge in [0.2, 0.25) is 0 Å². The molecule has 0 aliphatic heterocycles. The minimum absolute atomic E-state index is 0.308. The van der Waals surface area contributed by atoms with Gasteiger partial charge in [0.15, 0.2) is 0 Å². The van der Waals surface area contributed by atoms with Crippen LogP contribution in [0.5, 0.6) is 0 Å². The van der Waals surface area contributed by atoms with Gasteiger partial charge in [-0.15, -0.1) is 0 Å². The van der Waals surface area contributed by atoms with Crippen LogP contribution in [0.4, 0.5) is 5.69 Å². The number of hydrogen-bond donors (Lipinski definition) is 2. The van der Waals surface area contributed by atoms with Crippen LogP contribution in [-0.4, -0.2) is 30.8 Å². The first-order chi connectivity index (χ1) is 10.0. The maximum absolute atomic E-state index is 6.04. The molecule has 1 aromatic carbocycles. The van der Waals surface area contributed by atoms with Crippen molar-refractivity contribution in [2.45, 2.75) is 19.4 Å². The maximum Gasteiger partial charge on any atom is 0.0934 e. The van der Waals surface area contributed by atoms with Gasteiger partial charge in [0.25, 0.3) is 0 Å². The van der Waals surface area contributed by atoms with Crippen LogP contribution in [-0.2, 0) is 4.74 Å². The molecule has 0 aliphatic rings. The highest BCUT2D eigenvalue weighted by Gasteiger charge is 2.33. The first kappa shape index (κ1) is 16.2. The Bertz CT molecular complexity index is 617. The zero-order chi connectivity index (χ0) is 15.5. The summed E-state index contributed by atoms with van der Waals surface area (Å²) in [5.74, 6) is 0.327. The molecule has 5 heteroatoms. The van der Waals surface area contributed by atoms with E-state index in [1.807, 2.05) is 24.4 Å². The molecule has 1 unspecified atom stereocenters. The van der Waals surface area contributed by atoms with Gasteiger partial charge in [-0.05, 0) is 34.0 Å². The second kappa shape index (κ2) is 6.73. The van der Waals surface area contributed by atoms with Crippen LogP contribution in [0.2, 0.25) is 0 Å². The lowest BCUT2D eigenvalue weighted by atomic mass is 9.86. The molecule has 0 bridgehead atoms. The van der Waals surface area contributed by atoms with E-state index in [1.54, 1.807) is 7.11 Å². The van der Waals surface area contributed by atoms with E-state index in [4.69, 9.17) is 10.5 Å². The Morgan fingerprint density at radius 2 is 2.19 bits per heavy atom. The van der Waals surface area contributed by atoms with Crippen molar-refractivity contribution >= 4 is 32.5 Å². The summed E-state index contributed by atoms with van der Waals surface area (Å²) in [6.07, 6.45) is 1.81. The summed E-state index contributed by atoms with van der Waals surface area (Å²) >= 11 is 3.46.